The van der Waals surface area contributed by atoms with Crippen LogP contribution in [0.4, 0.5) is 0 Å². The Balaban J connectivity index is 2.19. The Morgan fingerprint density at radius 3 is 2.71 bits per heavy atom. The lowest BCUT2D eigenvalue weighted by Gasteiger charge is -2.16. The van der Waals surface area contributed by atoms with Crippen LogP contribution in [-0.4, -0.2) is 29.7 Å². The molecule has 2 atom stereocenters. The van der Waals surface area contributed by atoms with Gasteiger partial charge in [0.2, 0.25) is 5.91 Å². The average Bonchev–Trinajstić information content (AvgIpc) is 2.97. The molecule has 0 spiro atoms. The van der Waals surface area contributed by atoms with Gasteiger partial charge in [-0.25, -0.2) is 0 Å². The Bertz CT molecular complexity index is 183. The van der Waals surface area contributed by atoms with Crippen molar-refractivity contribution in [1.29, 1.82) is 0 Å². The van der Waals surface area contributed by atoms with Crippen molar-refractivity contribution in [3.05, 3.63) is 0 Å². The van der Waals surface area contributed by atoms with E-state index in [-0.39, 0.29) is 24.6 Å². The van der Waals surface area contributed by atoms with E-state index in [1.165, 1.54) is 0 Å². The lowest BCUT2D eigenvalue weighted by atomic mass is 10.1. The van der Waals surface area contributed by atoms with Crippen molar-refractivity contribution in [2.24, 2.45) is 11.7 Å². The molecule has 1 amide bonds. The van der Waals surface area contributed by atoms with E-state index in [2.05, 4.69) is 5.32 Å². The molecule has 0 heterocycles. The standard InChI is InChI=1S/C10H20N2O2/c1-2-8(6-13)12-10(14)5-9(11)7-3-4-7/h7-9,13H,2-6,11H2,1H3,(H,12,14)/t8-,9?/m1/s1. The van der Waals surface area contributed by atoms with Crippen LogP contribution in [-0.2, 0) is 4.79 Å². The molecular weight excluding hydrogens is 180 g/mol. The molecule has 0 aromatic heterocycles. The van der Waals surface area contributed by atoms with Gasteiger partial charge in [-0.3, -0.25) is 4.79 Å². The first-order valence-electron chi connectivity index (χ1n) is 5.33. The van der Waals surface area contributed by atoms with Crippen LogP contribution in [0.25, 0.3) is 0 Å². The maximum absolute atomic E-state index is 11.4. The van der Waals surface area contributed by atoms with Crippen LogP contribution in [0.3, 0.4) is 0 Å². The molecule has 1 unspecified atom stereocenters. The van der Waals surface area contributed by atoms with Crippen molar-refractivity contribution in [2.75, 3.05) is 6.61 Å². The summed E-state index contributed by atoms with van der Waals surface area (Å²) < 4.78 is 0. The van der Waals surface area contributed by atoms with Crippen LogP contribution in [0.2, 0.25) is 0 Å². The predicted molar refractivity (Wildman–Crippen MR) is 54.6 cm³/mol. The Morgan fingerprint density at radius 2 is 2.29 bits per heavy atom. The van der Waals surface area contributed by atoms with Gasteiger partial charge in [0.05, 0.1) is 12.6 Å². The van der Waals surface area contributed by atoms with Gasteiger partial charge in [0, 0.05) is 12.5 Å². The van der Waals surface area contributed by atoms with Crippen molar-refractivity contribution < 1.29 is 9.90 Å². The third-order valence-electron chi connectivity index (χ3n) is 2.73. The topological polar surface area (TPSA) is 75.3 Å². The van der Waals surface area contributed by atoms with E-state index >= 15 is 0 Å². The van der Waals surface area contributed by atoms with E-state index in [1.54, 1.807) is 0 Å². The second-order valence-corrected chi connectivity index (χ2v) is 4.06. The molecule has 4 heteroatoms. The highest BCUT2D eigenvalue weighted by Gasteiger charge is 2.29. The molecule has 1 saturated carbocycles. The molecule has 0 aromatic carbocycles. The Morgan fingerprint density at radius 1 is 1.64 bits per heavy atom. The Kier molecular flexibility index (Phi) is 4.35. The summed E-state index contributed by atoms with van der Waals surface area (Å²) in [7, 11) is 0. The monoisotopic (exact) mass is 200 g/mol. The number of hydrogen-bond acceptors (Lipinski definition) is 3. The lowest BCUT2D eigenvalue weighted by Crippen LogP contribution is -2.40. The fraction of sp³-hybridized carbons (Fsp3) is 0.900. The van der Waals surface area contributed by atoms with Gasteiger partial charge < -0.3 is 16.2 Å². The highest BCUT2D eigenvalue weighted by molar-refractivity contribution is 5.76. The van der Waals surface area contributed by atoms with Gasteiger partial charge in [-0.15, -0.1) is 0 Å². The van der Waals surface area contributed by atoms with Gasteiger partial charge in [0.15, 0.2) is 0 Å². The summed E-state index contributed by atoms with van der Waals surface area (Å²) in [4.78, 5) is 11.4. The van der Waals surface area contributed by atoms with Gasteiger partial charge in [0.1, 0.15) is 0 Å². The largest absolute Gasteiger partial charge is 0.394 e. The molecule has 0 radical (unpaired) electrons. The predicted octanol–water partition coefficient (Wildman–Crippen LogP) is 0.000900. The Labute approximate surface area is 84.9 Å². The molecular formula is C10H20N2O2. The van der Waals surface area contributed by atoms with Crippen LogP contribution >= 0.6 is 0 Å². The van der Waals surface area contributed by atoms with Gasteiger partial charge in [-0.2, -0.15) is 0 Å². The molecule has 1 aliphatic carbocycles. The molecule has 1 aliphatic rings. The van der Waals surface area contributed by atoms with Crippen LogP contribution in [0, 0.1) is 5.92 Å². The molecule has 0 bridgehead atoms. The second kappa shape index (κ2) is 5.32. The second-order valence-electron chi connectivity index (χ2n) is 4.06. The minimum atomic E-state index is -0.117. The zero-order chi connectivity index (χ0) is 10.6. The summed E-state index contributed by atoms with van der Waals surface area (Å²) in [6.45, 7) is 1.93. The summed E-state index contributed by atoms with van der Waals surface area (Å²) >= 11 is 0. The lowest BCUT2D eigenvalue weighted by molar-refractivity contribution is -0.122. The number of nitrogens with one attached hydrogen (secondary N) is 1. The number of carbonyl (C=O) groups is 1. The maximum Gasteiger partial charge on any atom is 0.221 e. The van der Waals surface area contributed by atoms with Gasteiger partial charge in [-0.1, -0.05) is 6.92 Å². The summed E-state index contributed by atoms with van der Waals surface area (Å²) in [5, 5.41) is 11.6. The number of aliphatic hydroxyl groups is 1. The maximum atomic E-state index is 11.4. The van der Waals surface area contributed by atoms with Crippen molar-refractivity contribution >= 4 is 5.91 Å². The van der Waals surface area contributed by atoms with Crippen molar-refractivity contribution in [1.82, 2.24) is 5.32 Å². The smallest absolute Gasteiger partial charge is 0.221 e. The highest BCUT2D eigenvalue weighted by Crippen LogP contribution is 2.32. The first-order valence-corrected chi connectivity index (χ1v) is 5.33. The number of rotatable bonds is 6. The summed E-state index contributed by atoms with van der Waals surface area (Å²) in [6, 6.07) is -0.111. The zero-order valence-corrected chi connectivity index (χ0v) is 8.70. The van der Waals surface area contributed by atoms with Crippen molar-refractivity contribution in [2.45, 2.75) is 44.7 Å². The minimum absolute atomic E-state index is 0.000899. The normalized spacial score (nSPS) is 20.2. The van der Waals surface area contributed by atoms with E-state index in [9.17, 15) is 4.79 Å². The fourth-order valence-electron chi connectivity index (χ4n) is 1.47. The molecule has 0 aromatic rings. The number of nitrogens with two attached hydrogens (primary N) is 1. The molecule has 1 rings (SSSR count). The van der Waals surface area contributed by atoms with Crippen molar-refractivity contribution in [3.63, 3.8) is 0 Å². The molecule has 0 saturated heterocycles. The zero-order valence-electron chi connectivity index (χ0n) is 8.70. The van der Waals surface area contributed by atoms with Crippen LogP contribution in [0.1, 0.15) is 32.6 Å². The highest BCUT2D eigenvalue weighted by atomic mass is 16.3. The van der Waals surface area contributed by atoms with E-state index in [0.29, 0.717) is 12.3 Å². The summed E-state index contributed by atoms with van der Waals surface area (Å²) in [6.07, 6.45) is 3.46. The first-order chi connectivity index (χ1) is 6.67. The van der Waals surface area contributed by atoms with Crippen LogP contribution in [0.5, 0.6) is 0 Å². The summed E-state index contributed by atoms with van der Waals surface area (Å²) in [5.74, 6) is 0.514. The molecule has 14 heavy (non-hydrogen) atoms. The van der Waals surface area contributed by atoms with Crippen molar-refractivity contribution in [3.8, 4) is 0 Å². The first kappa shape index (κ1) is 11.5. The third-order valence-corrected chi connectivity index (χ3v) is 2.73. The van der Waals surface area contributed by atoms with E-state index < -0.39 is 0 Å². The quantitative estimate of drug-likeness (QED) is 0.565. The van der Waals surface area contributed by atoms with Gasteiger partial charge in [0.25, 0.3) is 0 Å². The van der Waals surface area contributed by atoms with Crippen LogP contribution in [0.15, 0.2) is 0 Å². The molecule has 82 valence electrons. The average molecular weight is 200 g/mol. The molecule has 0 aliphatic heterocycles. The molecule has 4 N–H and O–H groups in total. The van der Waals surface area contributed by atoms with Gasteiger partial charge >= 0.3 is 0 Å². The number of amides is 1. The minimum Gasteiger partial charge on any atom is -0.394 e. The number of carbonyl (C=O) groups excluding carboxylic acids is 1. The fourth-order valence-corrected chi connectivity index (χ4v) is 1.47. The van der Waals surface area contributed by atoms with Gasteiger partial charge in [-0.05, 0) is 25.2 Å². The Hall–Kier alpha value is -0.610. The SMILES string of the molecule is CC[C@H](CO)NC(=O)CC(N)C1CC1. The van der Waals surface area contributed by atoms with E-state index in [4.69, 9.17) is 10.8 Å². The molecule has 4 nitrogen and oxygen atoms in total. The van der Waals surface area contributed by atoms with E-state index in [1.807, 2.05) is 6.92 Å². The van der Waals surface area contributed by atoms with Crippen LogP contribution < -0.4 is 11.1 Å². The third kappa shape index (κ3) is 3.64. The number of aliphatic hydroxyl groups excluding tert-OH is 1. The van der Waals surface area contributed by atoms with E-state index in [0.717, 1.165) is 19.3 Å². The summed E-state index contributed by atoms with van der Waals surface area (Å²) in [5.41, 5.74) is 5.82. The molecule has 1 fully saturated rings. The number of hydrogen-bond donors (Lipinski definition) is 3.